The highest BCUT2D eigenvalue weighted by Gasteiger charge is 2.28. The number of rotatable bonds is 3. The van der Waals surface area contributed by atoms with E-state index >= 15 is 0 Å². The second-order valence-corrected chi connectivity index (χ2v) is 7.10. The predicted molar refractivity (Wildman–Crippen MR) is 98.2 cm³/mol. The van der Waals surface area contributed by atoms with E-state index in [1.54, 1.807) is 12.1 Å². The molecule has 0 radical (unpaired) electrons. The average Bonchev–Trinajstić information content (AvgIpc) is 2.90. The molecule has 0 fully saturated rings. The minimum Gasteiger partial charge on any atom is -0.320 e. The largest absolute Gasteiger partial charge is 0.320 e. The van der Waals surface area contributed by atoms with Gasteiger partial charge in [0.1, 0.15) is 0 Å². The minimum absolute atomic E-state index is 0.202. The van der Waals surface area contributed by atoms with Gasteiger partial charge in [-0.2, -0.15) is 0 Å². The lowest BCUT2D eigenvalue weighted by molar-refractivity contribution is 0.0970. The van der Waals surface area contributed by atoms with Gasteiger partial charge in [-0.1, -0.05) is 17.7 Å². The summed E-state index contributed by atoms with van der Waals surface area (Å²) in [6, 6.07) is 13.6. The summed E-state index contributed by atoms with van der Waals surface area (Å²) in [6.07, 6.45) is 6.05. The van der Waals surface area contributed by atoms with E-state index < -0.39 is 0 Å². The van der Waals surface area contributed by atoms with E-state index in [1.807, 2.05) is 12.1 Å². The Morgan fingerprint density at radius 1 is 1.21 bits per heavy atom. The monoisotopic (exact) mass is 337 g/mol. The van der Waals surface area contributed by atoms with Gasteiger partial charge in [-0.3, -0.25) is 4.79 Å². The number of pyridine rings is 1. The standard InChI is InChI=1S/C21H20ClNO/c1-14-18-6-4-5-16(21(18)23-12-3-2-7-19(14)23)13-20(24)15-8-10-17(22)11-9-15/h2-3,7-12,16H,4-6,13H2,1H3/t16-/m1/s1. The number of aromatic nitrogens is 1. The van der Waals surface area contributed by atoms with Gasteiger partial charge >= 0.3 is 0 Å². The van der Waals surface area contributed by atoms with Crippen LogP contribution in [0.1, 0.15) is 52.4 Å². The van der Waals surface area contributed by atoms with Crippen LogP contribution in [0.4, 0.5) is 0 Å². The van der Waals surface area contributed by atoms with Gasteiger partial charge in [-0.05, 0) is 73.7 Å². The molecule has 2 nitrogen and oxygen atoms in total. The van der Waals surface area contributed by atoms with Crippen LogP contribution in [-0.4, -0.2) is 10.2 Å². The Labute approximate surface area is 147 Å². The van der Waals surface area contributed by atoms with Gasteiger partial charge in [0, 0.05) is 40.3 Å². The van der Waals surface area contributed by atoms with E-state index in [4.69, 9.17) is 11.6 Å². The summed E-state index contributed by atoms with van der Waals surface area (Å²) in [4.78, 5) is 12.7. The summed E-state index contributed by atoms with van der Waals surface area (Å²) in [6.45, 7) is 2.21. The third kappa shape index (κ3) is 2.55. The average molecular weight is 338 g/mol. The van der Waals surface area contributed by atoms with E-state index in [0.717, 1.165) is 24.8 Å². The number of fused-ring (bicyclic) bond motifs is 3. The molecule has 0 bridgehead atoms. The van der Waals surface area contributed by atoms with Crippen molar-refractivity contribution in [3.05, 3.63) is 76.1 Å². The Morgan fingerprint density at radius 3 is 2.79 bits per heavy atom. The van der Waals surface area contributed by atoms with E-state index in [1.165, 1.54) is 22.3 Å². The first-order valence-corrected chi connectivity index (χ1v) is 8.90. The maximum atomic E-state index is 12.7. The molecule has 0 saturated heterocycles. The van der Waals surface area contributed by atoms with Crippen molar-refractivity contribution in [3.8, 4) is 0 Å². The molecule has 0 saturated carbocycles. The fourth-order valence-corrected chi connectivity index (χ4v) is 4.17. The summed E-state index contributed by atoms with van der Waals surface area (Å²) in [5.41, 5.74) is 6.18. The Balaban J connectivity index is 1.70. The van der Waals surface area contributed by atoms with Crippen molar-refractivity contribution in [2.24, 2.45) is 0 Å². The Bertz CT molecular complexity index is 907. The molecule has 0 aliphatic heterocycles. The van der Waals surface area contributed by atoms with Crippen molar-refractivity contribution in [2.45, 2.75) is 38.5 Å². The maximum Gasteiger partial charge on any atom is 0.163 e. The number of carbonyl (C=O) groups excluding carboxylic acids is 1. The molecule has 2 heterocycles. The minimum atomic E-state index is 0.202. The molecular weight excluding hydrogens is 318 g/mol. The maximum absolute atomic E-state index is 12.7. The highest BCUT2D eigenvalue weighted by molar-refractivity contribution is 6.30. The molecule has 1 aromatic carbocycles. The van der Waals surface area contributed by atoms with Crippen LogP contribution in [0, 0.1) is 6.92 Å². The van der Waals surface area contributed by atoms with E-state index in [0.29, 0.717) is 17.4 Å². The zero-order valence-electron chi connectivity index (χ0n) is 13.8. The van der Waals surface area contributed by atoms with Gasteiger partial charge in [0.2, 0.25) is 0 Å². The smallest absolute Gasteiger partial charge is 0.163 e. The summed E-state index contributed by atoms with van der Waals surface area (Å²) in [5, 5.41) is 0.666. The summed E-state index contributed by atoms with van der Waals surface area (Å²) >= 11 is 5.93. The van der Waals surface area contributed by atoms with E-state index in [9.17, 15) is 4.79 Å². The highest BCUT2D eigenvalue weighted by Crippen LogP contribution is 2.39. The van der Waals surface area contributed by atoms with Crippen LogP contribution in [0.5, 0.6) is 0 Å². The van der Waals surface area contributed by atoms with Crippen molar-refractivity contribution < 1.29 is 4.79 Å². The van der Waals surface area contributed by atoms with Crippen LogP contribution in [0.3, 0.4) is 0 Å². The highest BCUT2D eigenvalue weighted by atomic mass is 35.5. The summed E-state index contributed by atoms with van der Waals surface area (Å²) < 4.78 is 2.30. The van der Waals surface area contributed by atoms with Crippen molar-refractivity contribution in [1.82, 2.24) is 4.40 Å². The van der Waals surface area contributed by atoms with Crippen molar-refractivity contribution >= 4 is 22.9 Å². The SMILES string of the molecule is Cc1c2c(n3ccccc13)[C@@H](CC(=O)c1ccc(Cl)cc1)CCC2. The number of hydrogen-bond donors (Lipinski definition) is 0. The third-order valence-electron chi connectivity index (χ3n) is 5.23. The molecule has 1 aliphatic carbocycles. The quantitative estimate of drug-likeness (QED) is 0.570. The van der Waals surface area contributed by atoms with Gasteiger partial charge in [0.15, 0.2) is 5.78 Å². The molecule has 24 heavy (non-hydrogen) atoms. The number of hydrogen-bond acceptors (Lipinski definition) is 1. The number of benzene rings is 1. The van der Waals surface area contributed by atoms with E-state index in [2.05, 4.69) is 35.7 Å². The van der Waals surface area contributed by atoms with Crippen LogP contribution < -0.4 is 0 Å². The van der Waals surface area contributed by atoms with Gasteiger partial charge in [-0.25, -0.2) is 0 Å². The lowest BCUT2D eigenvalue weighted by Gasteiger charge is -2.23. The third-order valence-corrected chi connectivity index (χ3v) is 5.48. The molecule has 0 unspecified atom stereocenters. The molecule has 2 aromatic heterocycles. The molecule has 4 rings (SSSR count). The molecule has 0 amide bonds. The first kappa shape index (κ1) is 15.5. The van der Waals surface area contributed by atoms with Crippen LogP contribution in [0.15, 0.2) is 48.7 Å². The van der Waals surface area contributed by atoms with E-state index in [-0.39, 0.29) is 5.78 Å². The van der Waals surface area contributed by atoms with Gasteiger partial charge < -0.3 is 4.40 Å². The fourth-order valence-electron chi connectivity index (χ4n) is 4.05. The number of halogens is 1. The number of aryl methyl sites for hydroxylation is 1. The molecular formula is C21H20ClNO. The second-order valence-electron chi connectivity index (χ2n) is 6.67. The zero-order chi connectivity index (χ0) is 16.7. The van der Waals surface area contributed by atoms with Gasteiger partial charge in [0.25, 0.3) is 0 Å². The molecule has 3 heteroatoms. The Kier molecular flexibility index (Phi) is 3.93. The van der Waals surface area contributed by atoms with Crippen LogP contribution in [0.2, 0.25) is 5.02 Å². The molecule has 122 valence electrons. The number of carbonyl (C=O) groups is 1. The number of nitrogens with zero attached hydrogens (tertiary/aromatic N) is 1. The van der Waals surface area contributed by atoms with Crippen LogP contribution in [-0.2, 0) is 6.42 Å². The number of ketones is 1. The lowest BCUT2D eigenvalue weighted by Crippen LogP contribution is -2.15. The topological polar surface area (TPSA) is 21.5 Å². The van der Waals surface area contributed by atoms with Crippen molar-refractivity contribution in [3.63, 3.8) is 0 Å². The van der Waals surface area contributed by atoms with Crippen LogP contribution >= 0.6 is 11.6 Å². The predicted octanol–water partition coefficient (Wildman–Crippen LogP) is 5.59. The molecule has 0 spiro atoms. The fraction of sp³-hybridized carbons (Fsp3) is 0.286. The first-order chi connectivity index (χ1) is 11.6. The lowest BCUT2D eigenvalue weighted by atomic mass is 9.82. The second kappa shape index (κ2) is 6.10. The summed E-state index contributed by atoms with van der Waals surface area (Å²) in [7, 11) is 0. The van der Waals surface area contributed by atoms with Crippen LogP contribution in [0.25, 0.3) is 5.52 Å². The van der Waals surface area contributed by atoms with Gasteiger partial charge in [-0.15, -0.1) is 0 Å². The van der Waals surface area contributed by atoms with Crippen molar-refractivity contribution in [1.29, 1.82) is 0 Å². The molecule has 1 aliphatic rings. The molecule has 1 atom stereocenters. The zero-order valence-corrected chi connectivity index (χ0v) is 14.5. The normalized spacial score (nSPS) is 17.0. The van der Waals surface area contributed by atoms with Crippen molar-refractivity contribution in [2.75, 3.05) is 0 Å². The molecule has 0 N–H and O–H groups in total. The first-order valence-electron chi connectivity index (χ1n) is 8.52. The Morgan fingerprint density at radius 2 is 2.00 bits per heavy atom. The molecule has 3 aromatic rings. The number of Topliss-reactive ketones (excluding diaryl/α,β-unsaturated/α-hetero) is 1. The van der Waals surface area contributed by atoms with Gasteiger partial charge in [0.05, 0.1) is 0 Å². The summed E-state index contributed by atoms with van der Waals surface area (Å²) in [5.74, 6) is 0.494. The Hall–Kier alpha value is -2.06.